The highest BCUT2D eigenvalue weighted by molar-refractivity contribution is 7.89. The van der Waals surface area contributed by atoms with E-state index in [4.69, 9.17) is 9.47 Å². The molecule has 0 atom stereocenters. The fourth-order valence-electron chi connectivity index (χ4n) is 2.07. The molecule has 0 spiro atoms. The Morgan fingerprint density at radius 2 is 2.00 bits per heavy atom. The number of hydrogen-bond acceptors (Lipinski definition) is 6. The molecule has 25 heavy (non-hydrogen) atoms. The molecule has 0 aliphatic rings. The van der Waals surface area contributed by atoms with Crippen molar-refractivity contribution in [1.29, 1.82) is 0 Å². The lowest BCUT2D eigenvalue weighted by Crippen LogP contribution is -2.35. The van der Waals surface area contributed by atoms with Gasteiger partial charge in [-0.25, -0.2) is 8.42 Å². The van der Waals surface area contributed by atoms with Crippen molar-refractivity contribution >= 4 is 21.6 Å². The van der Waals surface area contributed by atoms with Crippen molar-refractivity contribution in [3.63, 3.8) is 0 Å². The van der Waals surface area contributed by atoms with Crippen LogP contribution in [0.15, 0.2) is 47.6 Å². The molecule has 9 heteroatoms. The van der Waals surface area contributed by atoms with Crippen molar-refractivity contribution in [3.8, 4) is 11.5 Å². The van der Waals surface area contributed by atoms with E-state index >= 15 is 0 Å². The number of ether oxygens (including phenoxy) is 2. The Bertz CT molecular complexity index is 840. The summed E-state index contributed by atoms with van der Waals surface area (Å²) in [5.41, 5.74) is 0.388. The molecule has 0 fully saturated rings. The van der Waals surface area contributed by atoms with Crippen LogP contribution in [0, 0.1) is 0 Å². The molecule has 0 unspecified atom stereocenters. The van der Waals surface area contributed by atoms with E-state index in [1.807, 2.05) is 0 Å². The Morgan fingerprint density at radius 1 is 1.24 bits per heavy atom. The van der Waals surface area contributed by atoms with Gasteiger partial charge in [-0.05, 0) is 24.3 Å². The van der Waals surface area contributed by atoms with Crippen molar-refractivity contribution in [1.82, 2.24) is 9.29 Å². The van der Waals surface area contributed by atoms with Crippen LogP contribution < -0.4 is 14.8 Å². The van der Waals surface area contributed by atoms with E-state index in [-0.39, 0.29) is 11.4 Å². The van der Waals surface area contributed by atoms with Gasteiger partial charge in [-0.1, -0.05) is 0 Å². The van der Waals surface area contributed by atoms with Crippen LogP contribution in [-0.4, -0.2) is 51.4 Å². The van der Waals surface area contributed by atoms with Gasteiger partial charge in [-0.15, -0.1) is 0 Å². The molecule has 8 nitrogen and oxygen atoms in total. The zero-order chi connectivity index (χ0) is 18.4. The predicted molar refractivity (Wildman–Crippen MR) is 92.2 cm³/mol. The minimum atomic E-state index is -3.80. The van der Waals surface area contributed by atoms with Gasteiger partial charge in [-0.2, -0.15) is 4.31 Å². The summed E-state index contributed by atoms with van der Waals surface area (Å²) in [6, 6.07) is 7.86. The number of nitrogens with zero attached hydrogens (tertiary/aromatic N) is 2. The number of sulfonamides is 1. The second kappa shape index (κ2) is 7.95. The minimum absolute atomic E-state index is 0.0178. The first-order valence-corrected chi connectivity index (χ1v) is 8.70. The summed E-state index contributed by atoms with van der Waals surface area (Å²) in [7, 11) is 0.494. The number of benzene rings is 1. The number of nitrogens with one attached hydrogen (secondary N) is 1. The Balaban J connectivity index is 2.12. The van der Waals surface area contributed by atoms with Crippen molar-refractivity contribution in [2.45, 2.75) is 4.90 Å². The molecule has 2 aromatic rings. The molecule has 1 aromatic heterocycles. The third-order valence-electron chi connectivity index (χ3n) is 3.39. The molecule has 1 heterocycles. The van der Waals surface area contributed by atoms with Crippen LogP contribution in [0.4, 0.5) is 5.69 Å². The summed E-state index contributed by atoms with van der Waals surface area (Å²) >= 11 is 0. The molecule has 2 rings (SSSR count). The van der Waals surface area contributed by atoms with Gasteiger partial charge in [-0.3, -0.25) is 9.78 Å². The fraction of sp³-hybridized carbons (Fsp3) is 0.250. The molecule has 0 saturated carbocycles. The highest BCUT2D eigenvalue weighted by atomic mass is 32.2. The number of anilines is 1. The number of aromatic nitrogens is 1. The van der Waals surface area contributed by atoms with E-state index in [9.17, 15) is 13.2 Å². The molecule has 1 N–H and O–H groups in total. The number of carbonyl (C=O) groups is 1. The quantitative estimate of drug-likeness (QED) is 0.796. The molecule has 0 aliphatic carbocycles. The van der Waals surface area contributed by atoms with Gasteiger partial charge in [0.25, 0.3) is 0 Å². The summed E-state index contributed by atoms with van der Waals surface area (Å²) in [5.74, 6) is 0.459. The molecule has 0 aliphatic heterocycles. The summed E-state index contributed by atoms with van der Waals surface area (Å²) < 4.78 is 36.0. The lowest BCUT2D eigenvalue weighted by atomic mass is 10.2. The van der Waals surface area contributed by atoms with Crippen LogP contribution in [-0.2, 0) is 14.8 Å². The maximum absolute atomic E-state index is 12.4. The van der Waals surface area contributed by atoms with Crippen LogP contribution in [0.2, 0.25) is 0 Å². The van der Waals surface area contributed by atoms with Gasteiger partial charge >= 0.3 is 0 Å². The van der Waals surface area contributed by atoms with Crippen LogP contribution in [0.3, 0.4) is 0 Å². The fourth-order valence-corrected chi connectivity index (χ4v) is 3.16. The Kier molecular flexibility index (Phi) is 5.94. The second-order valence-corrected chi connectivity index (χ2v) is 7.11. The molecule has 0 saturated heterocycles. The average molecular weight is 365 g/mol. The Hall–Kier alpha value is -2.65. The first kappa shape index (κ1) is 18.7. The van der Waals surface area contributed by atoms with Crippen LogP contribution in [0.25, 0.3) is 0 Å². The Labute approximate surface area is 146 Å². The second-order valence-electron chi connectivity index (χ2n) is 5.06. The molecule has 1 amide bonds. The van der Waals surface area contributed by atoms with E-state index in [0.29, 0.717) is 17.2 Å². The predicted octanol–water partition coefficient (Wildman–Crippen LogP) is 1.36. The maximum atomic E-state index is 12.4. The smallest absolute Gasteiger partial charge is 0.244 e. The summed E-state index contributed by atoms with van der Waals surface area (Å²) in [4.78, 5) is 16.0. The first-order chi connectivity index (χ1) is 11.9. The number of hydrogen-bond donors (Lipinski definition) is 1. The monoisotopic (exact) mass is 365 g/mol. The van der Waals surface area contributed by atoms with E-state index in [1.165, 1.54) is 45.8 Å². The van der Waals surface area contributed by atoms with Gasteiger partial charge in [0, 0.05) is 25.5 Å². The maximum Gasteiger partial charge on any atom is 0.244 e. The number of carbonyl (C=O) groups excluding carboxylic acids is 1. The number of likely N-dealkylation sites (N-methyl/N-ethyl adjacent to an activating group) is 1. The SMILES string of the molecule is COc1ccc(OC)c(NC(=O)CN(C)S(=O)(=O)c2cccnc2)c1. The third kappa shape index (κ3) is 4.46. The van der Waals surface area contributed by atoms with Crippen molar-refractivity contribution < 1.29 is 22.7 Å². The first-order valence-electron chi connectivity index (χ1n) is 7.26. The summed E-state index contributed by atoms with van der Waals surface area (Å²) in [6.45, 7) is -0.364. The van der Waals surface area contributed by atoms with E-state index in [1.54, 1.807) is 18.2 Å². The lowest BCUT2D eigenvalue weighted by Gasteiger charge is -2.17. The zero-order valence-corrected chi connectivity index (χ0v) is 14.9. The standard InChI is InChI=1S/C16H19N3O5S/c1-19(25(21,22)13-5-4-8-17-10-13)11-16(20)18-14-9-12(23-2)6-7-15(14)24-3/h4-10H,11H2,1-3H3,(H,18,20). The molecular weight excluding hydrogens is 346 g/mol. The Morgan fingerprint density at radius 3 is 2.60 bits per heavy atom. The van der Waals surface area contributed by atoms with Gasteiger partial charge in [0.05, 0.1) is 26.5 Å². The lowest BCUT2D eigenvalue weighted by molar-refractivity contribution is -0.116. The molecule has 0 radical (unpaired) electrons. The van der Waals surface area contributed by atoms with Crippen LogP contribution >= 0.6 is 0 Å². The number of rotatable bonds is 7. The van der Waals surface area contributed by atoms with E-state index in [0.717, 1.165) is 4.31 Å². The van der Waals surface area contributed by atoms with Gasteiger partial charge in [0.15, 0.2) is 0 Å². The van der Waals surface area contributed by atoms with Crippen molar-refractivity contribution in [2.24, 2.45) is 0 Å². The normalized spacial score (nSPS) is 11.2. The highest BCUT2D eigenvalue weighted by Gasteiger charge is 2.23. The van der Waals surface area contributed by atoms with Crippen molar-refractivity contribution in [3.05, 3.63) is 42.7 Å². The largest absolute Gasteiger partial charge is 0.497 e. The molecule has 1 aromatic carbocycles. The zero-order valence-electron chi connectivity index (χ0n) is 14.1. The number of methoxy groups -OCH3 is 2. The molecule has 0 bridgehead atoms. The summed E-state index contributed by atoms with van der Waals surface area (Å²) in [6.07, 6.45) is 2.70. The van der Waals surface area contributed by atoms with E-state index < -0.39 is 15.9 Å². The van der Waals surface area contributed by atoms with E-state index in [2.05, 4.69) is 10.3 Å². The van der Waals surface area contributed by atoms with Gasteiger partial charge in [0.1, 0.15) is 16.4 Å². The molecular formula is C16H19N3O5S. The van der Waals surface area contributed by atoms with Gasteiger partial charge < -0.3 is 14.8 Å². The molecule has 134 valence electrons. The third-order valence-corrected chi connectivity index (χ3v) is 5.18. The van der Waals surface area contributed by atoms with Crippen LogP contribution in [0.5, 0.6) is 11.5 Å². The number of amides is 1. The average Bonchev–Trinajstić information content (AvgIpc) is 2.62. The number of pyridine rings is 1. The topological polar surface area (TPSA) is 97.8 Å². The minimum Gasteiger partial charge on any atom is -0.497 e. The highest BCUT2D eigenvalue weighted by Crippen LogP contribution is 2.28. The van der Waals surface area contributed by atoms with Crippen LogP contribution in [0.1, 0.15) is 0 Å². The summed E-state index contributed by atoms with van der Waals surface area (Å²) in [5, 5.41) is 2.62. The van der Waals surface area contributed by atoms with Crippen molar-refractivity contribution in [2.75, 3.05) is 33.1 Å². The van der Waals surface area contributed by atoms with Gasteiger partial charge in [0.2, 0.25) is 15.9 Å².